The van der Waals surface area contributed by atoms with Crippen LogP contribution in [-0.2, 0) is 9.59 Å². The molecule has 5 heteroatoms. The van der Waals surface area contributed by atoms with Crippen LogP contribution in [0, 0.1) is 0 Å². The summed E-state index contributed by atoms with van der Waals surface area (Å²) in [5.74, 6) is -0.575. The second kappa shape index (κ2) is 8.43. The lowest BCUT2D eigenvalue weighted by Gasteiger charge is -2.22. The van der Waals surface area contributed by atoms with Gasteiger partial charge >= 0.3 is 0 Å². The predicted molar refractivity (Wildman–Crippen MR) is 93.8 cm³/mol. The molecule has 0 radical (unpaired) electrons. The fourth-order valence-corrected chi connectivity index (χ4v) is 2.77. The van der Waals surface area contributed by atoms with E-state index in [1.165, 1.54) is 19.4 Å². The number of hydrogen-bond acceptors (Lipinski definition) is 3. The summed E-state index contributed by atoms with van der Waals surface area (Å²) in [6.07, 6.45) is 6.87. The molecule has 2 amide bonds. The van der Waals surface area contributed by atoms with E-state index < -0.39 is 0 Å². The average molecular weight is 328 g/mol. The number of benzene rings is 1. The molecule has 1 fully saturated rings. The monoisotopic (exact) mass is 328 g/mol. The topological polar surface area (TPSA) is 75.3 Å². The third-order valence-electron chi connectivity index (χ3n) is 4.21. The largest absolute Gasteiger partial charge is 0.350 e. The molecule has 1 aliphatic carbocycles. The highest BCUT2D eigenvalue weighted by molar-refractivity contribution is 6.07. The zero-order valence-electron chi connectivity index (χ0n) is 14.2. The Morgan fingerprint density at radius 1 is 1.00 bits per heavy atom. The van der Waals surface area contributed by atoms with E-state index in [0.29, 0.717) is 16.8 Å². The Balaban J connectivity index is 1.90. The predicted octanol–water partition coefficient (Wildman–Crippen LogP) is 3.22. The van der Waals surface area contributed by atoms with Gasteiger partial charge in [0.25, 0.3) is 5.91 Å². The van der Waals surface area contributed by atoms with Gasteiger partial charge in [0.15, 0.2) is 5.78 Å². The van der Waals surface area contributed by atoms with Gasteiger partial charge in [-0.3, -0.25) is 14.4 Å². The SMILES string of the molecule is CC(=O)c1ccc(NC(=O)/C(C)=C\C(=O)NC2CCCCC2)cc1. The maximum Gasteiger partial charge on any atom is 0.251 e. The van der Waals surface area contributed by atoms with Gasteiger partial charge in [0, 0.05) is 28.9 Å². The van der Waals surface area contributed by atoms with Crippen LogP contribution >= 0.6 is 0 Å². The lowest BCUT2D eigenvalue weighted by molar-refractivity contribution is -0.118. The van der Waals surface area contributed by atoms with Crippen molar-refractivity contribution in [1.29, 1.82) is 0 Å². The number of hydrogen-bond donors (Lipinski definition) is 2. The molecule has 0 unspecified atom stereocenters. The first-order valence-corrected chi connectivity index (χ1v) is 8.37. The summed E-state index contributed by atoms with van der Waals surface area (Å²) in [6.45, 7) is 3.10. The first-order chi connectivity index (χ1) is 11.5. The number of carbonyl (C=O) groups excluding carboxylic acids is 3. The number of nitrogens with one attached hydrogen (secondary N) is 2. The Hall–Kier alpha value is -2.43. The molecule has 1 aromatic carbocycles. The summed E-state index contributed by atoms with van der Waals surface area (Å²) in [4.78, 5) is 35.4. The fourth-order valence-electron chi connectivity index (χ4n) is 2.77. The Kier molecular flexibility index (Phi) is 6.29. The summed E-state index contributed by atoms with van der Waals surface area (Å²) < 4.78 is 0. The highest BCUT2D eigenvalue weighted by Crippen LogP contribution is 2.17. The normalized spacial score (nSPS) is 15.7. The lowest BCUT2D eigenvalue weighted by atomic mass is 9.95. The van der Waals surface area contributed by atoms with Crippen molar-refractivity contribution in [1.82, 2.24) is 5.32 Å². The van der Waals surface area contributed by atoms with Gasteiger partial charge in [-0.1, -0.05) is 19.3 Å². The Morgan fingerprint density at radius 3 is 2.21 bits per heavy atom. The van der Waals surface area contributed by atoms with Gasteiger partial charge in [0.1, 0.15) is 0 Å². The smallest absolute Gasteiger partial charge is 0.251 e. The molecule has 24 heavy (non-hydrogen) atoms. The highest BCUT2D eigenvalue weighted by atomic mass is 16.2. The third kappa shape index (κ3) is 5.33. The Bertz CT molecular complexity index is 641. The van der Waals surface area contributed by atoms with Crippen molar-refractivity contribution >= 4 is 23.3 Å². The van der Waals surface area contributed by atoms with E-state index in [2.05, 4.69) is 10.6 Å². The molecular formula is C19H24N2O3. The fraction of sp³-hybridized carbons (Fsp3) is 0.421. The number of carbonyl (C=O) groups is 3. The minimum atomic E-state index is -0.329. The summed E-state index contributed by atoms with van der Waals surface area (Å²) in [5.41, 5.74) is 1.52. The van der Waals surface area contributed by atoms with Gasteiger partial charge in [0.05, 0.1) is 0 Å². The van der Waals surface area contributed by atoms with E-state index >= 15 is 0 Å². The zero-order chi connectivity index (χ0) is 17.5. The quantitative estimate of drug-likeness (QED) is 0.644. The standard InChI is InChI=1S/C19H24N2O3/c1-13(12-18(23)20-16-6-4-3-5-7-16)19(24)21-17-10-8-15(9-11-17)14(2)22/h8-12,16H,3-7H2,1-2H3,(H,20,23)(H,21,24)/b13-12-. The van der Waals surface area contributed by atoms with Crippen LogP contribution < -0.4 is 10.6 Å². The molecule has 0 saturated heterocycles. The van der Waals surface area contributed by atoms with E-state index in [1.54, 1.807) is 31.2 Å². The van der Waals surface area contributed by atoms with Crippen molar-refractivity contribution < 1.29 is 14.4 Å². The highest BCUT2D eigenvalue weighted by Gasteiger charge is 2.15. The summed E-state index contributed by atoms with van der Waals surface area (Å²) >= 11 is 0. The second-order valence-corrected chi connectivity index (χ2v) is 6.26. The number of rotatable bonds is 5. The molecule has 0 spiro atoms. The molecule has 1 aliphatic rings. The minimum Gasteiger partial charge on any atom is -0.350 e. The van der Waals surface area contributed by atoms with E-state index in [-0.39, 0.29) is 23.6 Å². The number of anilines is 1. The maximum absolute atomic E-state index is 12.1. The van der Waals surface area contributed by atoms with Gasteiger partial charge in [-0.15, -0.1) is 0 Å². The Morgan fingerprint density at radius 2 is 1.62 bits per heavy atom. The second-order valence-electron chi connectivity index (χ2n) is 6.26. The summed E-state index contributed by atoms with van der Waals surface area (Å²) in [6, 6.07) is 6.88. The van der Waals surface area contributed by atoms with Gasteiger partial charge < -0.3 is 10.6 Å². The van der Waals surface area contributed by atoms with Crippen molar-refractivity contribution in [2.45, 2.75) is 52.0 Å². The molecule has 5 nitrogen and oxygen atoms in total. The molecule has 2 rings (SSSR count). The van der Waals surface area contributed by atoms with Crippen LogP contribution in [0.15, 0.2) is 35.9 Å². The van der Waals surface area contributed by atoms with Crippen molar-refractivity contribution in [3.05, 3.63) is 41.5 Å². The van der Waals surface area contributed by atoms with Crippen molar-refractivity contribution in [2.75, 3.05) is 5.32 Å². The first-order valence-electron chi connectivity index (χ1n) is 8.37. The molecule has 128 valence electrons. The molecular weight excluding hydrogens is 304 g/mol. The molecule has 0 atom stereocenters. The van der Waals surface area contributed by atoms with Gasteiger partial charge in [0.2, 0.25) is 5.91 Å². The van der Waals surface area contributed by atoms with Gasteiger partial charge in [-0.25, -0.2) is 0 Å². The van der Waals surface area contributed by atoms with Crippen LogP contribution in [0.3, 0.4) is 0 Å². The number of amides is 2. The van der Waals surface area contributed by atoms with Crippen LogP contribution in [0.25, 0.3) is 0 Å². The summed E-state index contributed by atoms with van der Waals surface area (Å²) in [7, 11) is 0. The minimum absolute atomic E-state index is 0.0247. The Labute approximate surface area is 142 Å². The molecule has 1 saturated carbocycles. The van der Waals surface area contributed by atoms with Crippen LogP contribution in [-0.4, -0.2) is 23.6 Å². The van der Waals surface area contributed by atoms with E-state index in [0.717, 1.165) is 25.7 Å². The van der Waals surface area contributed by atoms with Crippen LogP contribution in [0.5, 0.6) is 0 Å². The van der Waals surface area contributed by atoms with Crippen molar-refractivity contribution in [3.8, 4) is 0 Å². The molecule has 0 heterocycles. The van der Waals surface area contributed by atoms with E-state index in [4.69, 9.17) is 0 Å². The molecule has 2 N–H and O–H groups in total. The molecule has 0 bridgehead atoms. The lowest BCUT2D eigenvalue weighted by Crippen LogP contribution is -2.35. The molecule has 1 aromatic rings. The van der Waals surface area contributed by atoms with Gasteiger partial charge in [-0.05, 0) is 51.0 Å². The molecule has 0 aliphatic heterocycles. The van der Waals surface area contributed by atoms with Crippen molar-refractivity contribution in [2.24, 2.45) is 0 Å². The molecule has 0 aromatic heterocycles. The average Bonchev–Trinajstić information content (AvgIpc) is 2.56. The third-order valence-corrected chi connectivity index (χ3v) is 4.21. The number of ketones is 1. The maximum atomic E-state index is 12.1. The van der Waals surface area contributed by atoms with E-state index in [9.17, 15) is 14.4 Å². The van der Waals surface area contributed by atoms with E-state index in [1.807, 2.05) is 0 Å². The van der Waals surface area contributed by atoms with Crippen LogP contribution in [0.2, 0.25) is 0 Å². The summed E-state index contributed by atoms with van der Waals surface area (Å²) in [5, 5.41) is 5.67. The van der Waals surface area contributed by atoms with Crippen LogP contribution in [0.4, 0.5) is 5.69 Å². The number of Topliss-reactive ketones (excluding diaryl/α,β-unsaturated/α-hetero) is 1. The van der Waals surface area contributed by atoms with Crippen molar-refractivity contribution in [3.63, 3.8) is 0 Å². The first kappa shape index (κ1) is 17.9. The van der Waals surface area contributed by atoms with Gasteiger partial charge in [-0.2, -0.15) is 0 Å². The zero-order valence-corrected chi connectivity index (χ0v) is 14.2. The van der Waals surface area contributed by atoms with Crippen LogP contribution in [0.1, 0.15) is 56.3 Å².